The highest BCUT2D eigenvalue weighted by molar-refractivity contribution is 5.90. The number of benzene rings is 1. The number of anilines is 1. The molecular formula is C13H17F3N2O2. The summed E-state index contributed by atoms with van der Waals surface area (Å²) in [7, 11) is 0. The molecule has 0 fully saturated rings. The summed E-state index contributed by atoms with van der Waals surface area (Å²) in [6, 6.07) is 3.76. The van der Waals surface area contributed by atoms with Crippen molar-refractivity contribution in [2.24, 2.45) is 0 Å². The molecule has 0 aliphatic heterocycles. The van der Waals surface area contributed by atoms with Gasteiger partial charge in [-0.1, -0.05) is 19.1 Å². The van der Waals surface area contributed by atoms with Gasteiger partial charge in [0.25, 0.3) is 0 Å². The van der Waals surface area contributed by atoms with Gasteiger partial charge in [0.2, 0.25) is 0 Å². The molecule has 0 radical (unpaired) electrons. The van der Waals surface area contributed by atoms with E-state index in [0.29, 0.717) is 12.8 Å². The van der Waals surface area contributed by atoms with Crippen LogP contribution in [-0.4, -0.2) is 23.8 Å². The average molecular weight is 290 g/mol. The molecule has 0 aliphatic rings. The lowest BCUT2D eigenvalue weighted by atomic mass is 10.1. The first-order chi connectivity index (χ1) is 9.38. The Labute approximate surface area is 115 Å². The summed E-state index contributed by atoms with van der Waals surface area (Å²) in [5.41, 5.74) is -1.19. The number of hydrogen-bond donors (Lipinski definition) is 3. The van der Waals surface area contributed by atoms with Crippen LogP contribution in [0, 0.1) is 0 Å². The Hall–Kier alpha value is -1.76. The normalized spacial score (nSPS) is 12.8. The number of urea groups is 1. The molecule has 0 heterocycles. The molecule has 1 aromatic rings. The van der Waals surface area contributed by atoms with Crippen LogP contribution in [0.4, 0.5) is 23.7 Å². The summed E-state index contributed by atoms with van der Waals surface area (Å²) < 4.78 is 38.2. The van der Waals surface area contributed by atoms with Crippen LogP contribution in [0.5, 0.6) is 0 Å². The van der Waals surface area contributed by atoms with E-state index in [0.717, 1.165) is 6.07 Å². The van der Waals surface area contributed by atoms with Gasteiger partial charge in [-0.2, -0.15) is 13.2 Å². The fraction of sp³-hybridized carbons (Fsp3) is 0.462. The van der Waals surface area contributed by atoms with Gasteiger partial charge in [-0.05, 0) is 25.0 Å². The number of carbonyl (C=O) groups excluding carboxylic acids is 1. The second kappa shape index (κ2) is 7.14. The smallest absolute Gasteiger partial charge is 0.396 e. The number of para-hydroxylation sites is 1. The van der Waals surface area contributed by atoms with E-state index in [1.165, 1.54) is 18.2 Å². The first kappa shape index (κ1) is 16.3. The molecule has 4 nitrogen and oxygen atoms in total. The van der Waals surface area contributed by atoms with Gasteiger partial charge >= 0.3 is 12.2 Å². The van der Waals surface area contributed by atoms with E-state index < -0.39 is 17.8 Å². The van der Waals surface area contributed by atoms with E-state index in [1.54, 1.807) is 0 Å². The van der Waals surface area contributed by atoms with E-state index in [-0.39, 0.29) is 18.3 Å². The SMILES string of the molecule is CC[C@H](CCO)NC(=O)Nc1ccccc1C(F)(F)F. The van der Waals surface area contributed by atoms with E-state index in [1.807, 2.05) is 6.92 Å². The highest BCUT2D eigenvalue weighted by atomic mass is 19.4. The van der Waals surface area contributed by atoms with Gasteiger partial charge in [0.05, 0.1) is 11.3 Å². The van der Waals surface area contributed by atoms with E-state index in [2.05, 4.69) is 10.6 Å². The van der Waals surface area contributed by atoms with Crippen molar-refractivity contribution in [1.82, 2.24) is 5.32 Å². The minimum Gasteiger partial charge on any atom is -0.396 e. The van der Waals surface area contributed by atoms with Gasteiger partial charge in [0, 0.05) is 12.6 Å². The molecule has 0 aromatic heterocycles. The first-order valence-electron chi connectivity index (χ1n) is 6.23. The number of alkyl halides is 3. The van der Waals surface area contributed by atoms with Gasteiger partial charge < -0.3 is 15.7 Å². The highest BCUT2D eigenvalue weighted by Crippen LogP contribution is 2.34. The number of hydrogen-bond acceptors (Lipinski definition) is 2. The number of nitrogens with one attached hydrogen (secondary N) is 2. The quantitative estimate of drug-likeness (QED) is 0.780. The number of rotatable bonds is 5. The Bertz CT molecular complexity index is 449. The molecule has 0 aliphatic carbocycles. The largest absolute Gasteiger partial charge is 0.418 e. The molecule has 0 saturated carbocycles. The maximum absolute atomic E-state index is 12.7. The maximum atomic E-state index is 12.7. The van der Waals surface area contributed by atoms with Crippen LogP contribution in [0.15, 0.2) is 24.3 Å². The van der Waals surface area contributed by atoms with Crippen LogP contribution in [0.1, 0.15) is 25.3 Å². The summed E-state index contributed by atoms with van der Waals surface area (Å²) in [4.78, 5) is 11.7. The van der Waals surface area contributed by atoms with Gasteiger partial charge in [0.15, 0.2) is 0 Å². The molecular weight excluding hydrogens is 273 g/mol. The number of aliphatic hydroxyl groups is 1. The molecule has 3 N–H and O–H groups in total. The first-order valence-corrected chi connectivity index (χ1v) is 6.23. The maximum Gasteiger partial charge on any atom is 0.418 e. The molecule has 2 amide bonds. The summed E-state index contributed by atoms with van der Waals surface area (Å²) >= 11 is 0. The van der Waals surface area contributed by atoms with Gasteiger partial charge in [-0.3, -0.25) is 0 Å². The van der Waals surface area contributed by atoms with Crippen molar-refractivity contribution in [1.29, 1.82) is 0 Å². The lowest BCUT2D eigenvalue weighted by Gasteiger charge is -2.18. The molecule has 1 rings (SSSR count). The van der Waals surface area contributed by atoms with E-state index in [9.17, 15) is 18.0 Å². The van der Waals surface area contributed by atoms with E-state index in [4.69, 9.17) is 5.11 Å². The number of halogens is 3. The monoisotopic (exact) mass is 290 g/mol. The third-order valence-electron chi connectivity index (χ3n) is 2.79. The van der Waals surface area contributed by atoms with Gasteiger partial charge in [-0.15, -0.1) is 0 Å². The molecule has 7 heteroatoms. The third kappa shape index (κ3) is 4.73. The molecule has 0 bridgehead atoms. The lowest BCUT2D eigenvalue weighted by Crippen LogP contribution is -2.38. The van der Waals surface area contributed by atoms with Crippen molar-refractivity contribution in [3.8, 4) is 0 Å². The average Bonchev–Trinajstić information content (AvgIpc) is 2.37. The minimum atomic E-state index is -4.53. The minimum absolute atomic E-state index is 0.0993. The fourth-order valence-electron chi connectivity index (χ4n) is 1.72. The highest BCUT2D eigenvalue weighted by Gasteiger charge is 2.33. The van der Waals surface area contributed by atoms with Gasteiger partial charge in [0.1, 0.15) is 0 Å². The summed E-state index contributed by atoms with van der Waals surface area (Å²) in [5, 5.41) is 13.5. The van der Waals surface area contributed by atoms with Crippen LogP contribution >= 0.6 is 0 Å². The second-order valence-corrected chi connectivity index (χ2v) is 4.26. The Morgan fingerprint density at radius 3 is 2.55 bits per heavy atom. The molecule has 0 spiro atoms. The number of amides is 2. The zero-order chi connectivity index (χ0) is 15.2. The molecule has 1 aromatic carbocycles. The molecule has 20 heavy (non-hydrogen) atoms. The molecule has 112 valence electrons. The Morgan fingerprint density at radius 1 is 1.35 bits per heavy atom. The Kier molecular flexibility index (Phi) is 5.82. The summed E-state index contributed by atoms with van der Waals surface area (Å²) in [6.07, 6.45) is -3.60. The Balaban J connectivity index is 2.76. The van der Waals surface area contributed by atoms with Gasteiger partial charge in [-0.25, -0.2) is 4.79 Å². The van der Waals surface area contributed by atoms with Crippen molar-refractivity contribution < 1.29 is 23.1 Å². The zero-order valence-corrected chi connectivity index (χ0v) is 11.0. The second-order valence-electron chi connectivity index (χ2n) is 4.26. The van der Waals surface area contributed by atoms with Crippen LogP contribution in [0.25, 0.3) is 0 Å². The number of aliphatic hydroxyl groups excluding tert-OH is 1. The predicted octanol–water partition coefficient (Wildman–Crippen LogP) is 2.99. The third-order valence-corrected chi connectivity index (χ3v) is 2.79. The predicted molar refractivity (Wildman–Crippen MR) is 69.4 cm³/mol. The molecule has 0 unspecified atom stereocenters. The van der Waals surface area contributed by atoms with Crippen molar-refractivity contribution in [2.45, 2.75) is 32.0 Å². The summed E-state index contributed by atoms with van der Waals surface area (Å²) in [6.45, 7) is 1.71. The lowest BCUT2D eigenvalue weighted by molar-refractivity contribution is -0.136. The van der Waals surface area contributed by atoms with Crippen molar-refractivity contribution >= 4 is 11.7 Å². The van der Waals surface area contributed by atoms with E-state index >= 15 is 0 Å². The van der Waals surface area contributed by atoms with Crippen LogP contribution < -0.4 is 10.6 Å². The molecule has 0 saturated heterocycles. The van der Waals surface area contributed by atoms with Crippen molar-refractivity contribution in [3.05, 3.63) is 29.8 Å². The fourth-order valence-corrected chi connectivity index (χ4v) is 1.72. The van der Waals surface area contributed by atoms with Crippen LogP contribution in [0.3, 0.4) is 0 Å². The number of carbonyl (C=O) groups is 1. The zero-order valence-electron chi connectivity index (χ0n) is 11.0. The standard InChI is InChI=1S/C13H17F3N2O2/c1-2-9(7-8-19)17-12(20)18-11-6-4-3-5-10(11)13(14,15)16/h3-6,9,19H,2,7-8H2,1H3,(H2,17,18,20)/t9-/m1/s1. The topological polar surface area (TPSA) is 61.4 Å². The molecule has 1 atom stereocenters. The van der Waals surface area contributed by atoms with Crippen LogP contribution in [0.2, 0.25) is 0 Å². The summed E-state index contributed by atoms with van der Waals surface area (Å²) in [5.74, 6) is 0. The van der Waals surface area contributed by atoms with Crippen LogP contribution in [-0.2, 0) is 6.18 Å². The van der Waals surface area contributed by atoms with Crippen molar-refractivity contribution in [2.75, 3.05) is 11.9 Å². The Morgan fingerprint density at radius 2 is 2.00 bits per heavy atom. The van der Waals surface area contributed by atoms with Crippen molar-refractivity contribution in [3.63, 3.8) is 0 Å².